The SMILES string of the molecule is Cc1c(Cl)nc(C(C)C)nc1NCCN(C)C(C)C. The highest BCUT2D eigenvalue weighted by atomic mass is 35.5. The van der Waals surface area contributed by atoms with Gasteiger partial charge in [0.2, 0.25) is 0 Å². The van der Waals surface area contributed by atoms with E-state index in [1.807, 2.05) is 6.92 Å². The van der Waals surface area contributed by atoms with Crippen LogP contribution < -0.4 is 5.32 Å². The molecule has 1 rings (SSSR count). The predicted molar refractivity (Wildman–Crippen MR) is 82.1 cm³/mol. The molecule has 19 heavy (non-hydrogen) atoms. The zero-order valence-electron chi connectivity index (χ0n) is 12.8. The lowest BCUT2D eigenvalue weighted by Crippen LogP contribution is -2.31. The Bertz CT molecular complexity index is 418. The van der Waals surface area contributed by atoms with E-state index in [1.54, 1.807) is 0 Å². The van der Waals surface area contributed by atoms with E-state index < -0.39 is 0 Å². The maximum Gasteiger partial charge on any atom is 0.137 e. The summed E-state index contributed by atoms with van der Waals surface area (Å²) in [7, 11) is 2.12. The second kappa shape index (κ2) is 7.06. The number of likely N-dealkylation sites (N-methyl/N-ethyl adjacent to an activating group) is 1. The minimum absolute atomic E-state index is 0.275. The normalized spacial score (nSPS) is 11.7. The van der Waals surface area contributed by atoms with Crippen molar-refractivity contribution in [3.05, 3.63) is 16.5 Å². The number of nitrogens with zero attached hydrogens (tertiary/aromatic N) is 3. The Morgan fingerprint density at radius 3 is 2.37 bits per heavy atom. The van der Waals surface area contributed by atoms with Gasteiger partial charge in [0.25, 0.3) is 0 Å². The summed E-state index contributed by atoms with van der Waals surface area (Å²) in [6.07, 6.45) is 0. The molecule has 1 aromatic heterocycles. The first-order chi connectivity index (χ1) is 8.82. The van der Waals surface area contributed by atoms with Crippen LogP contribution in [-0.2, 0) is 0 Å². The molecule has 0 aromatic carbocycles. The van der Waals surface area contributed by atoms with Gasteiger partial charge < -0.3 is 10.2 Å². The van der Waals surface area contributed by atoms with Crippen LogP contribution in [-0.4, -0.2) is 41.0 Å². The van der Waals surface area contributed by atoms with Crippen molar-refractivity contribution in [2.75, 3.05) is 25.5 Å². The fraction of sp³-hybridized carbons (Fsp3) is 0.714. The van der Waals surface area contributed by atoms with Crippen LogP contribution in [0, 0.1) is 6.92 Å². The Hall–Kier alpha value is -0.870. The van der Waals surface area contributed by atoms with Gasteiger partial charge in [-0.1, -0.05) is 25.4 Å². The van der Waals surface area contributed by atoms with Crippen LogP contribution in [0.1, 0.15) is 45.0 Å². The van der Waals surface area contributed by atoms with Gasteiger partial charge in [0.15, 0.2) is 0 Å². The lowest BCUT2D eigenvalue weighted by molar-refractivity contribution is 0.284. The third kappa shape index (κ3) is 4.62. The predicted octanol–water partition coefficient (Wildman–Crippen LogP) is 3.31. The summed E-state index contributed by atoms with van der Waals surface area (Å²) < 4.78 is 0. The Morgan fingerprint density at radius 2 is 1.84 bits per heavy atom. The molecule has 108 valence electrons. The van der Waals surface area contributed by atoms with Crippen LogP contribution in [0.5, 0.6) is 0 Å². The van der Waals surface area contributed by atoms with E-state index in [-0.39, 0.29) is 5.92 Å². The number of halogens is 1. The smallest absolute Gasteiger partial charge is 0.137 e. The number of hydrogen-bond donors (Lipinski definition) is 1. The zero-order chi connectivity index (χ0) is 14.6. The van der Waals surface area contributed by atoms with Crippen LogP contribution in [0.2, 0.25) is 5.15 Å². The van der Waals surface area contributed by atoms with Crippen molar-refractivity contribution in [1.82, 2.24) is 14.9 Å². The van der Waals surface area contributed by atoms with Gasteiger partial charge in [-0.3, -0.25) is 0 Å². The molecule has 0 fully saturated rings. The monoisotopic (exact) mass is 284 g/mol. The average molecular weight is 285 g/mol. The molecule has 0 bridgehead atoms. The molecular weight excluding hydrogens is 260 g/mol. The van der Waals surface area contributed by atoms with Gasteiger partial charge in [-0.15, -0.1) is 0 Å². The molecule has 1 heterocycles. The van der Waals surface area contributed by atoms with Gasteiger partial charge in [0, 0.05) is 30.6 Å². The number of rotatable bonds is 6. The molecule has 0 amide bonds. The molecule has 1 aromatic rings. The van der Waals surface area contributed by atoms with Crippen molar-refractivity contribution >= 4 is 17.4 Å². The van der Waals surface area contributed by atoms with Crippen molar-refractivity contribution in [1.29, 1.82) is 0 Å². The van der Waals surface area contributed by atoms with Gasteiger partial charge in [-0.2, -0.15) is 0 Å². The standard InChI is InChI=1S/C14H25ClN4/c1-9(2)13-17-12(15)11(5)14(18-13)16-7-8-19(6)10(3)4/h9-10H,7-8H2,1-6H3,(H,16,17,18). The lowest BCUT2D eigenvalue weighted by atomic mass is 10.2. The average Bonchev–Trinajstić information content (AvgIpc) is 2.33. The Labute approximate surface area is 121 Å². The molecule has 1 N–H and O–H groups in total. The topological polar surface area (TPSA) is 41.1 Å². The van der Waals surface area contributed by atoms with Crippen LogP contribution in [0.4, 0.5) is 5.82 Å². The Balaban J connectivity index is 2.72. The summed E-state index contributed by atoms with van der Waals surface area (Å²) in [4.78, 5) is 11.1. The molecule has 0 unspecified atom stereocenters. The fourth-order valence-electron chi connectivity index (χ4n) is 1.54. The molecule has 0 radical (unpaired) electrons. The summed E-state index contributed by atoms with van der Waals surface area (Å²) >= 11 is 6.15. The van der Waals surface area contributed by atoms with E-state index in [0.717, 1.165) is 30.3 Å². The summed E-state index contributed by atoms with van der Waals surface area (Å²) in [5, 5.41) is 3.90. The second-order valence-electron chi connectivity index (χ2n) is 5.50. The van der Waals surface area contributed by atoms with Gasteiger partial charge in [-0.25, -0.2) is 9.97 Å². The molecule has 0 atom stereocenters. The molecule has 0 aliphatic carbocycles. The van der Waals surface area contributed by atoms with Crippen molar-refractivity contribution in [3.63, 3.8) is 0 Å². The van der Waals surface area contributed by atoms with Gasteiger partial charge in [0.05, 0.1) is 0 Å². The molecule has 0 aliphatic rings. The molecule has 4 nitrogen and oxygen atoms in total. The summed E-state index contributed by atoms with van der Waals surface area (Å²) in [6, 6.07) is 0.545. The van der Waals surface area contributed by atoms with Crippen LogP contribution >= 0.6 is 11.6 Å². The van der Waals surface area contributed by atoms with Crippen molar-refractivity contribution in [2.45, 2.75) is 46.6 Å². The van der Waals surface area contributed by atoms with E-state index in [1.165, 1.54) is 0 Å². The highest BCUT2D eigenvalue weighted by molar-refractivity contribution is 6.30. The number of anilines is 1. The first-order valence-corrected chi connectivity index (χ1v) is 7.18. The summed E-state index contributed by atoms with van der Waals surface area (Å²) in [5.74, 6) is 1.91. The number of aromatic nitrogens is 2. The minimum Gasteiger partial charge on any atom is -0.368 e. The van der Waals surface area contributed by atoms with Crippen molar-refractivity contribution in [2.24, 2.45) is 0 Å². The summed E-state index contributed by atoms with van der Waals surface area (Å²) in [5.41, 5.74) is 0.915. The van der Waals surface area contributed by atoms with E-state index in [0.29, 0.717) is 11.2 Å². The number of nitrogens with one attached hydrogen (secondary N) is 1. The van der Waals surface area contributed by atoms with Gasteiger partial charge >= 0.3 is 0 Å². The zero-order valence-corrected chi connectivity index (χ0v) is 13.5. The molecule has 0 spiro atoms. The lowest BCUT2D eigenvalue weighted by Gasteiger charge is -2.21. The quantitative estimate of drug-likeness (QED) is 0.814. The van der Waals surface area contributed by atoms with E-state index in [4.69, 9.17) is 11.6 Å². The van der Waals surface area contributed by atoms with Crippen LogP contribution in [0.15, 0.2) is 0 Å². The third-order valence-corrected chi connectivity index (χ3v) is 3.63. The molecule has 0 saturated carbocycles. The fourth-order valence-corrected chi connectivity index (χ4v) is 1.72. The largest absolute Gasteiger partial charge is 0.368 e. The highest BCUT2D eigenvalue weighted by Gasteiger charge is 2.11. The maximum absolute atomic E-state index is 6.15. The maximum atomic E-state index is 6.15. The third-order valence-electron chi connectivity index (χ3n) is 3.26. The van der Waals surface area contributed by atoms with Crippen LogP contribution in [0.25, 0.3) is 0 Å². The van der Waals surface area contributed by atoms with E-state index in [2.05, 4.69) is 54.9 Å². The first kappa shape index (κ1) is 16.2. The van der Waals surface area contributed by atoms with Crippen molar-refractivity contribution < 1.29 is 0 Å². The summed E-state index contributed by atoms with van der Waals surface area (Å²) in [6.45, 7) is 12.3. The highest BCUT2D eigenvalue weighted by Crippen LogP contribution is 2.22. The van der Waals surface area contributed by atoms with Gasteiger partial charge in [0.1, 0.15) is 16.8 Å². The Kier molecular flexibility index (Phi) is 6.01. The molecule has 5 heteroatoms. The van der Waals surface area contributed by atoms with Gasteiger partial charge in [-0.05, 0) is 27.8 Å². The number of hydrogen-bond acceptors (Lipinski definition) is 4. The van der Waals surface area contributed by atoms with E-state index in [9.17, 15) is 0 Å². The minimum atomic E-state index is 0.275. The van der Waals surface area contributed by atoms with E-state index >= 15 is 0 Å². The molecule has 0 aliphatic heterocycles. The Morgan fingerprint density at radius 1 is 1.21 bits per heavy atom. The molecular formula is C14H25ClN4. The van der Waals surface area contributed by atoms with Crippen LogP contribution in [0.3, 0.4) is 0 Å². The van der Waals surface area contributed by atoms with Crippen molar-refractivity contribution in [3.8, 4) is 0 Å². The second-order valence-corrected chi connectivity index (χ2v) is 5.86. The molecule has 0 saturated heterocycles. The first-order valence-electron chi connectivity index (χ1n) is 6.81.